The van der Waals surface area contributed by atoms with Gasteiger partial charge < -0.3 is 4.90 Å². The van der Waals surface area contributed by atoms with Crippen LogP contribution in [0.15, 0.2) is 30.3 Å². The summed E-state index contributed by atoms with van der Waals surface area (Å²) in [4.78, 5) is 10.9. The first kappa shape index (κ1) is 11.0. The van der Waals surface area contributed by atoms with Crippen LogP contribution in [0.4, 0.5) is 0 Å². The molecule has 0 heterocycles. The van der Waals surface area contributed by atoms with E-state index >= 15 is 0 Å². The minimum absolute atomic E-state index is 0.750. The van der Waals surface area contributed by atoms with E-state index in [2.05, 4.69) is 0 Å². The van der Waals surface area contributed by atoms with E-state index in [-0.39, 0.29) is 0 Å². The van der Waals surface area contributed by atoms with Gasteiger partial charge in [0.25, 0.3) is 0 Å². The van der Waals surface area contributed by atoms with Gasteiger partial charge in [-0.1, -0.05) is 29.8 Å². The molecule has 3 heteroatoms. The third-order valence-electron chi connectivity index (χ3n) is 0.944. The minimum Gasteiger partial charge on any atom is -0.351 e. The average molecular weight is 186 g/mol. The number of rotatable bonds is 1. The number of hydrogen-bond donors (Lipinski definition) is 0. The second-order valence-corrected chi connectivity index (χ2v) is 2.80. The van der Waals surface area contributed by atoms with Crippen molar-refractivity contribution in [3.8, 4) is 0 Å². The first-order valence-corrected chi connectivity index (χ1v) is 3.87. The fraction of sp³-hybridized carbons (Fsp3) is 0.222. The van der Waals surface area contributed by atoms with Crippen molar-refractivity contribution >= 4 is 18.0 Å². The van der Waals surface area contributed by atoms with Gasteiger partial charge in [-0.05, 0) is 12.1 Å². The van der Waals surface area contributed by atoms with Crippen LogP contribution in [-0.2, 0) is 4.79 Å². The van der Waals surface area contributed by atoms with Crippen LogP contribution in [0.1, 0.15) is 0 Å². The quantitative estimate of drug-likeness (QED) is 0.614. The summed E-state index contributed by atoms with van der Waals surface area (Å²) >= 11 is 5.54. The molecule has 0 bridgehead atoms. The van der Waals surface area contributed by atoms with Crippen LogP contribution >= 0.6 is 11.6 Å². The molecule has 1 aromatic carbocycles. The monoisotopic (exact) mass is 185 g/mol. The van der Waals surface area contributed by atoms with Gasteiger partial charge in [0.15, 0.2) is 0 Å². The zero-order valence-electron chi connectivity index (χ0n) is 7.20. The maximum atomic E-state index is 9.43. The summed E-state index contributed by atoms with van der Waals surface area (Å²) in [5, 5.41) is 0.794. The van der Waals surface area contributed by atoms with E-state index in [0.29, 0.717) is 0 Å². The Morgan fingerprint density at radius 2 is 1.67 bits per heavy atom. The topological polar surface area (TPSA) is 20.3 Å². The Morgan fingerprint density at radius 1 is 1.25 bits per heavy atom. The molecule has 0 N–H and O–H groups in total. The number of carbonyl (C=O) groups excluding carboxylic acids is 1. The molecule has 66 valence electrons. The van der Waals surface area contributed by atoms with E-state index in [0.717, 1.165) is 11.4 Å². The zero-order chi connectivity index (χ0) is 9.40. The Morgan fingerprint density at radius 3 is 1.83 bits per heavy atom. The van der Waals surface area contributed by atoms with Gasteiger partial charge in [0.2, 0.25) is 6.41 Å². The van der Waals surface area contributed by atoms with Crippen molar-refractivity contribution in [1.82, 2.24) is 4.90 Å². The highest BCUT2D eigenvalue weighted by Crippen LogP contribution is 2.03. The van der Waals surface area contributed by atoms with Gasteiger partial charge in [0.05, 0.1) is 0 Å². The Kier molecular flexibility index (Phi) is 6.11. The number of hydrogen-bond acceptors (Lipinski definition) is 1. The van der Waals surface area contributed by atoms with Crippen LogP contribution in [0.3, 0.4) is 0 Å². The maximum absolute atomic E-state index is 9.43. The van der Waals surface area contributed by atoms with E-state index in [1.807, 2.05) is 30.3 Å². The fourth-order valence-electron chi connectivity index (χ4n) is 0.415. The third-order valence-corrected chi connectivity index (χ3v) is 1.20. The number of nitrogens with zero attached hydrogens (tertiary/aromatic N) is 1. The summed E-state index contributed by atoms with van der Waals surface area (Å²) in [6.07, 6.45) is 0.750. The van der Waals surface area contributed by atoms with Crippen LogP contribution in [0.5, 0.6) is 0 Å². The molecule has 0 aliphatic heterocycles. The number of carbonyl (C=O) groups is 1. The van der Waals surface area contributed by atoms with Gasteiger partial charge in [-0.2, -0.15) is 0 Å². The molecular formula is C9H12ClNO. The molecule has 1 amide bonds. The van der Waals surface area contributed by atoms with Crippen molar-refractivity contribution in [2.75, 3.05) is 14.1 Å². The van der Waals surface area contributed by atoms with Crippen LogP contribution < -0.4 is 0 Å². The molecule has 1 rings (SSSR count). The Balaban J connectivity index is 0.000000217. The van der Waals surface area contributed by atoms with Gasteiger partial charge in [-0.3, -0.25) is 4.79 Å². The summed E-state index contributed by atoms with van der Waals surface area (Å²) in [6.45, 7) is 0. The van der Waals surface area contributed by atoms with Crippen molar-refractivity contribution in [2.45, 2.75) is 0 Å². The van der Waals surface area contributed by atoms with Crippen LogP contribution in [0.25, 0.3) is 0 Å². The Bertz CT molecular complexity index is 211. The van der Waals surface area contributed by atoms with Gasteiger partial charge >= 0.3 is 0 Å². The van der Waals surface area contributed by atoms with E-state index in [1.54, 1.807) is 14.1 Å². The molecule has 12 heavy (non-hydrogen) atoms. The smallest absolute Gasteiger partial charge is 0.209 e. The van der Waals surface area contributed by atoms with Crippen LogP contribution in [0, 0.1) is 0 Å². The van der Waals surface area contributed by atoms with E-state index in [9.17, 15) is 4.79 Å². The maximum Gasteiger partial charge on any atom is 0.209 e. The van der Waals surface area contributed by atoms with Crippen molar-refractivity contribution in [1.29, 1.82) is 0 Å². The molecule has 0 atom stereocenters. The highest BCUT2D eigenvalue weighted by Gasteiger charge is 1.74. The van der Waals surface area contributed by atoms with Crippen molar-refractivity contribution in [3.63, 3.8) is 0 Å². The lowest BCUT2D eigenvalue weighted by Crippen LogP contribution is -2.06. The lowest BCUT2D eigenvalue weighted by molar-refractivity contribution is -0.115. The summed E-state index contributed by atoms with van der Waals surface area (Å²) in [5.74, 6) is 0. The van der Waals surface area contributed by atoms with Crippen LogP contribution in [0.2, 0.25) is 5.02 Å². The predicted octanol–water partition coefficient (Wildman–Crippen LogP) is 2.04. The second kappa shape index (κ2) is 6.68. The summed E-state index contributed by atoms with van der Waals surface area (Å²) < 4.78 is 0. The van der Waals surface area contributed by atoms with E-state index < -0.39 is 0 Å². The highest BCUT2D eigenvalue weighted by molar-refractivity contribution is 6.30. The van der Waals surface area contributed by atoms with Gasteiger partial charge in [0, 0.05) is 19.1 Å². The van der Waals surface area contributed by atoms with Crippen molar-refractivity contribution < 1.29 is 4.79 Å². The summed E-state index contributed by atoms with van der Waals surface area (Å²) in [5.41, 5.74) is 0. The number of halogens is 1. The van der Waals surface area contributed by atoms with E-state index in [4.69, 9.17) is 11.6 Å². The fourth-order valence-corrected chi connectivity index (χ4v) is 0.560. The SMILES string of the molecule is CN(C)C=O.Clc1ccccc1. The molecular weight excluding hydrogens is 174 g/mol. The lowest BCUT2D eigenvalue weighted by Gasteiger charge is -1.93. The molecule has 0 aromatic heterocycles. The molecule has 0 fully saturated rings. The first-order chi connectivity index (χ1) is 5.66. The lowest BCUT2D eigenvalue weighted by atomic mass is 10.4. The van der Waals surface area contributed by atoms with Crippen molar-refractivity contribution in [3.05, 3.63) is 35.4 Å². The van der Waals surface area contributed by atoms with Crippen molar-refractivity contribution in [2.24, 2.45) is 0 Å². The summed E-state index contributed by atoms with van der Waals surface area (Å²) in [7, 11) is 3.38. The predicted molar refractivity (Wildman–Crippen MR) is 51.2 cm³/mol. The van der Waals surface area contributed by atoms with Gasteiger partial charge in [0.1, 0.15) is 0 Å². The molecule has 1 aromatic rings. The van der Waals surface area contributed by atoms with Crippen LogP contribution in [-0.4, -0.2) is 25.4 Å². The summed E-state index contributed by atoms with van der Waals surface area (Å²) in [6, 6.07) is 9.44. The minimum atomic E-state index is 0.750. The largest absolute Gasteiger partial charge is 0.351 e. The van der Waals surface area contributed by atoms with Gasteiger partial charge in [-0.25, -0.2) is 0 Å². The molecule has 0 saturated carbocycles. The molecule has 0 aliphatic rings. The Hall–Kier alpha value is -1.02. The Labute approximate surface area is 77.8 Å². The number of amides is 1. The number of benzene rings is 1. The molecule has 0 spiro atoms. The highest BCUT2D eigenvalue weighted by atomic mass is 35.5. The second-order valence-electron chi connectivity index (χ2n) is 2.36. The zero-order valence-corrected chi connectivity index (χ0v) is 7.95. The standard InChI is InChI=1S/C6H5Cl.C3H7NO/c7-6-4-2-1-3-5-6;1-4(2)3-5/h1-5H;3H,1-2H3. The normalized spacial score (nSPS) is 7.92. The molecule has 0 unspecified atom stereocenters. The van der Waals surface area contributed by atoms with Gasteiger partial charge in [-0.15, -0.1) is 0 Å². The van der Waals surface area contributed by atoms with E-state index in [1.165, 1.54) is 4.90 Å². The molecule has 0 saturated heterocycles. The molecule has 0 radical (unpaired) electrons. The first-order valence-electron chi connectivity index (χ1n) is 3.49. The molecule has 2 nitrogen and oxygen atoms in total. The third kappa shape index (κ3) is 7.09. The average Bonchev–Trinajstić information content (AvgIpc) is 2.07. The molecule has 0 aliphatic carbocycles.